The maximum atomic E-state index is 13.0. The van der Waals surface area contributed by atoms with Gasteiger partial charge in [-0.3, -0.25) is 37.3 Å². The highest BCUT2D eigenvalue weighted by Crippen LogP contribution is 2.45. The zero-order valence-corrected chi connectivity index (χ0v) is 56.0. The summed E-state index contributed by atoms with van der Waals surface area (Å²) in [6.45, 7) is 9.44. The van der Waals surface area contributed by atoms with Gasteiger partial charge in [-0.1, -0.05) is 273 Å². The Balaban J connectivity index is 5.18. The van der Waals surface area contributed by atoms with Gasteiger partial charge in [0.15, 0.2) is 12.2 Å². The Morgan fingerprint density at radius 3 is 0.905 bits per heavy atom. The van der Waals surface area contributed by atoms with Crippen molar-refractivity contribution >= 4 is 39.5 Å². The molecule has 0 saturated carbocycles. The van der Waals surface area contributed by atoms with Crippen LogP contribution in [0.5, 0.6) is 0 Å². The van der Waals surface area contributed by atoms with E-state index < -0.39 is 97.5 Å². The zero-order chi connectivity index (χ0) is 62.2. The van der Waals surface area contributed by atoms with Crippen LogP contribution in [0, 0.1) is 11.8 Å². The van der Waals surface area contributed by atoms with Crippen LogP contribution in [-0.2, 0) is 65.4 Å². The summed E-state index contributed by atoms with van der Waals surface area (Å²) in [5.41, 5.74) is 0. The van der Waals surface area contributed by atoms with Gasteiger partial charge in [-0.15, -0.1) is 0 Å². The van der Waals surface area contributed by atoms with Gasteiger partial charge in [-0.05, 0) is 37.5 Å². The third-order valence-electron chi connectivity index (χ3n) is 15.3. The van der Waals surface area contributed by atoms with Crippen molar-refractivity contribution in [2.24, 2.45) is 11.8 Å². The van der Waals surface area contributed by atoms with Crippen molar-refractivity contribution in [3.63, 3.8) is 0 Å². The number of hydrogen-bond donors (Lipinski definition) is 3. The van der Waals surface area contributed by atoms with Crippen LogP contribution in [0.1, 0.15) is 324 Å². The highest BCUT2D eigenvalue weighted by Gasteiger charge is 2.30. The Morgan fingerprint density at radius 2 is 0.607 bits per heavy atom. The number of carbonyl (C=O) groups excluding carboxylic acids is 4. The number of phosphoric acid groups is 2. The third-order valence-corrected chi connectivity index (χ3v) is 17.2. The van der Waals surface area contributed by atoms with E-state index in [2.05, 4.69) is 41.5 Å². The van der Waals surface area contributed by atoms with Crippen molar-refractivity contribution in [2.75, 3.05) is 39.6 Å². The van der Waals surface area contributed by atoms with Gasteiger partial charge < -0.3 is 33.8 Å². The van der Waals surface area contributed by atoms with Crippen molar-refractivity contribution in [1.29, 1.82) is 0 Å². The lowest BCUT2D eigenvalue weighted by Gasteiger charge is -2.21. The Labute approximate surface area is 511 Å². The van der Waals surface area contributed by atoms with Crippen molar-refractivity contribution in [3.8, 4) is 0 Å². The number of ether oxygens (including phenoxy) is 4. The molecule has 0 spiro atoms. The summed E-state index contributed by atoms with van der Waals surface area (Å²) in [6.07, 6.45) is 40.5. The fraction of sp³-hybridized carbons (Fsp3) is 0.938. The standard InChI is InChI=1S/C65H126O17P2/c1-7-10-12-14-15-16-20-24-31-37-43-49-64(69)81-60(53-75-62(67)47-41-33-13-11-8-2)55-79-83(71,72)77-51-59(66)52-78-84(73,74)80-56-61(54-76-63(68)48-42-36-30-27-26-29-35-40-46-58(6)9-3)82-65(70)50-44-38-32-25-22-19-17-18-21-23-28-34-39-45-57(4)5/h57-61,66H,7-56H2,1-6H3,(H,71,72)(H,73,74)/t58?,59-,60+,61+/m0/s1. The van der Waals surface area contributed by atoms with Crippen molar-refractivity contribution in [3.05, 3.63) is 0 Å². The van der Waals surface area contributed by atoms with Crippen LogP contribution in [0.4, 0.5) is 0 Å². The molecule has 17 nitrogen and oxygen atoms in total. The smallest absolute Gasteiger partial charge is 0.462 e. The Morgan fingerprint density at radius 1 is 0.345 bits per heavy atom. The zero-order valence-electron chi connectivity index (χ0n) is 54.2. The molecule has 19 heteroatoms. The van der Waals surface area contributed by atoms with Crippen molar-refractivity contribution in [1.82, 2.24) is 0 Å². The molecular weight excluding hydrogens is 1110 g/mol. The van der Waals surface area contributed by atoms with Crippen LogP contribution >= 0.6 is 15.6 Å². The summed E-state index contributed by atoms with van der Waals surface area (Å²) in [4.78, 5) is 72.0. The Hall–Kier alpha value is -1.94. The maximum Gasteiger partial charge on any atom is 0.472 e. The second-order valence-corrected chi connectivity index (χ2v) is 27.1. The van der Waals surface area contributed by atoms with E-state index in [4.69, 9.17) is 37.0 Å². The minimum absolute atomic E-state index is 0.106. The van der Waals surface area contributed by atoms with Crippen LogP contribution in [-0.4, -0.2) is 96.7 Å². The molecule has 0 amide bonds. The molecule has 84 heavy (non-hydrogen) atoms. The van der Waals surface area contributed by atoms with Crippen LogP contribution in [0.3, 0.4) is 0 Å². The van der Waals surface area contributed by atoms with Gasteiger partial charge in [0, 0.05) is 25.7 Å². The molecule has 3 unspecified atom stereocenters. The molecular formula is C65H126O17P2. The van der Waals surface area contributed by atoms with E-state index in [0.29, 0.717) is 25.7 Å². The molecule has 0 aliphatic heterocycles. The molecule has 0 bridgehead atoms. The van der Waals surface area contributed by atoms with E-state index in [-0.39, 0.29) is 25.7 Å². The first-order valence-electron chi connectivity index (χ1n) is 34.0. The number of hydrogen-bond acceptors (Lipinski definition) is 15. The van der Waals surface area contributed by atoms with Crippen LogP contribution < -0.4 is 0 Å². The predicted molar refractivity (Wildman–Crippen MR) is 335 cm³/mol. The van der Waals surface area contributed by atoms with Crippen LogP contribution in [0.2, 0.25) is 0 Å². The van der Waals surface area contributed by atoms with Gasteiger partial charge in [0.05, 0.1) is 26.4 Å². The Kier molecular flexibility index (Phi) is 56.2. The average Bonchev–Trinajstić information content (AvgIpc) is 3.60. The molecule has 6 atom stereocenters. The second-order valence-electron chi connectivity index (χ2n) is 24.2. The molecule has 498 valence electrons. The van der Waals surface area contributed by atoms with Gasteiger partial charge in [-0.2, -0.15) is 0 Å². The lowest BCUT2D eigenvalue weighted by Crippen LogP contribution is -2.30. The van der Waals surface area contributed by atoms with Crippen molar-refractivity contribution < 1.29 is 80.2 Å². The van der Waals surface area contributed by atoms with E-state index in [1.807, 2.05) is 0 Å². The topological polar surface area (TPSA) is 237 Å². The van der Waals surface area contributed by atoms with Gasteiger partial charge >= 0.3 is 39.5 Å². The number of unbranched alkanes of at least 4 members (excludes halogenated alkanes) is 33. The van der Waals surface area contributed by atoms with Gasteiger partial charge in [-0.25, -0.2) is 9.13 Å². The molecule has 0 aliphatic rings. The lowest BCUT2D eigenvalue weighted by molar-refractivity contribution is -0.161. The third kappa shape index (κ3) is 57.8. The molecule has 0 saturated heterocycles. The molecule has 3 N–H and O–H groups in total. The fourth-order valence-corrected chi connectivity index (χ4v) is 11.3. The monoisotopic (exact) mass is 1240 g/mol. The van der Waals surface area contributed by atoms with E-state index in [1.165, 1.54) is 135 Å². The van der Waals surface area contributed by atoms with Crippen LogP contribution in [0.15, 0.2) is 0 Å². The summed E-state index contributed by atoms with van der Waals surface area (Å²) < 4.78 is 67.9. The molecule has 0 aromatic carbocycles. The van der Waals surface area contributed by atoms with E-state index in [9.17, 15) is 43.2 Å². The minimum Gasteiger partial charge on any atom is -0.462 e. The highest BCUT2D eigenvalue weighted by molar-refractivity contribution is 7.47. The van der Waals surface area contributed by atoms with Crippen LogP contribution in [0.25, 0.3) is 0 Å². The maximum absolute atomic E-state index is 13.0. The summed E-state index contributed by atoms with van der Waals surface area (Å²) >= 11 is 0. The number of rotatable bonds is 64. The molecule has 0 heterocycles. The quantitative estimate of drug-likeness (QED) is 0.0222. The summed E-state index contributed by atoms with van der Waals surface area (Å²) in [5, 5.41) is 10.5. The minimum atomic E-state index is -4.95. The molecule has 0 radical (unpaired) electrons. The lowest BCUT2D eigenvalue weighted by atomic mass is 9.99. The molecule has 0 aromatic heterocycles. The van der Waals surface area contributed by atoms with E-state index >= 15 is 0 Å². The Bertz CT molecular complexity index is 1650. The first-order chi connectivity index (χ1) is 40.4. The first kappa shape index (κ1) is 82.1. The number of carbonyl (C=O) groups is 4. The number of aliphatic hydroxyl groups excluding tert-OH is 1. The predicted octanol–water partition coefficient (Wildman–Crippen LogP) is 18.0. The second kappa shape index (κ2) is 57.5. The summed E-state index contributed by atoms with van der Waals surface area (Å²) in [5.74, 6) is -0.578. The molecule has 0 aromatic rings. The first-order valence-corrected chi connectivity index (χ1v) is 37.0. The van der Waals surface area contributed by atoms with Gasteiger partial charge in [0.2, 0.25) is 0 Å². The average molecular weight is 1240 g/mol. The summed E-state index contributed by atoms with van der Waals surface area (Å²) in [6, 6.07) is 0. The molecule has 0 aliphatic carbocycles. The summed E-state index contributed by atoms with van der Waals surface area (Å²) in [7, 11) is -9.88. The van der Waals surface area contributed by atoms with Crippen molar-refractivity contribution in [2.45, 2.75) is 342 Å². The number of esters is 4. The van der Waals surface area contributed by atoms with E-state index in [0.717, 1.165) is 108 Å². The fourth-order valence-electron chi connectivity index (χ4n) is 9.68. The van der Waals surface area contributed by atoms with Gasteiger partial charge in [0.25, 0.3) is 0 Å². The highest BCUT2D eigenvalue weighted by atomic mass is 31.2. The largest absolute Gasteiger partial charge is 0.472 e. The number of phosphoric ester groups is 2. The van der Waals surface area contributed by atoms with E-state index in [1.54, 1.807) is 0 Å². The molecule has 0 fully saturated rings. The number of aliphatic hydroxyl groups is 1. The SMILES string of the molecule is CCCCCCCCCCCCCC(=O)O[C@H](COC(=O)CCCCCCC)COP(=O)(O)OC[C@H](O)COP(=O)(O)OC[C@@H](COC(=O)CCCCCCCCCCC(C)CC)OC(=O)CCCCCCCCCCCCCCCC(C)C. The van der Waals surface area contributed by atoms with Gasteiger partial charge in [0.1, 0.15) is 19.3 Å². The molecule has 0 rings (SSSR count). The normalized spacial score (nSPS) is 14.6.